The van der Waals surface area contributed by atoms with Gasteiger partial charge in [-0.25, -0.2) is 0 Å². The van der Waals surface area contributed by atoms with Crippen molar-refractivity contribution in [3.05, 3.63) is 0 Å². The Labute approximate surface area is 74.3 Å². The first-order valence-electron chi connectivity index (χ1n) is 5.02. The Balaban J connectivity index is 1.97. The maximum atomic E-state index is 10.7. The molecule has 0 spiro atoms. The number of esters is 1. The van der Waals surface area contributed by atoms with E-state index in [1.54, 1.807) is 0 Å². The van der Waals surface area contributed by atoms with Gasteiger partial charge in [0.15, 0.2) is 0 Å². The number of hydrogen-bond acceptors (Lipinski definition) is 2. The predicted molar refractivity (Wildman–Crippen MR) is 47.9 cm³/mol. The first-order valence-corrected chi connectivity index (χ1v) is 5.02. The number of carbonyl (C=O) groups is 1. The SMILES string of the molecule is CCCCCC[C@H]1CCC(=O)O1. The van der Waals surface area contributed by atoms with Crippen LogP contribution in [0.5, 0.6) is 0 Å². The number of carbonyl (C=O) groups excluding carboxylic acids is 1. The molecule has 1 aliphatic rings. The molecule has 1 saturated heterocycles. The van der Waals surface area contributed by atoms with Crippen LogP contribution in [0.3, 0.4) is 0 Å². The maximum absolute atomic E-state index is 10.7. The lowest BCUT2D eigenvalue weighted by atomic mass is 10.1. The molecule has 1 aliphatic heterocycles. The first-order chi connectivity index (χ1) is 5.83. The largest absolute Gasteiger partial charge is 0.462 e. The Morgan fingerprint density at radius 1 is 1.42 bits per heavy atom. The van der Waals surface area contributed by atoms with Gasteiger partial charge in [-0.15, -0.1) is 0 Å². The number of rotatable bonds is 5. The van der Waals surface area contributed by atoms with Crippen molar-refractivity contribution in [1.82, 2.24) is 0 Å². The van der Waals surface area contributed by atoms with Gasteiger partial charge in [0.2, 0.25) is 0 Å². The van der Waals surface area contributed by atoms with E-state index in [4.69, 9.17) is 4.74 Å². The Kier molecular flexibility index (Phi) is 4.12. The van der Waals surface area contributed by atoms with E-state index < -0.39 is 0 Å². The third-order valence-corrected chi connectivity index (χ3v) is 2.35. The van der Waals surface area contributed by atoms with E-state index >= 15 is 0 Å². The first kappa shape index (κ1) is 9.56. The second kappa shape index (κ2) is 5.18. The lowest BCUT2D eigenvalue weighted by molar-refractivity contribution is -0.141. The molecule has 0 bridgehead atoms. The molecular weight excluding hydrogens is 152 g/mol. The number of unbranched alkanes of at least 4 members (excludes halogenated alkanes) is 3. The van der Waals surface area contributed by atoms with Crippen molar-refractivity contribution in [3.63, 3.8) is 0 Å². The van der Waals surface area contributed by atoms with Crippen LogP contribution in [0.25, 0.3) is 0 Å². The third kappa shape index (κ3) is 3.24. The van der Waals surface area contributed by atoms with Gasteiger partial charge in [-0.2, -0.15) is 0 Å². The van der Waals surface area contributed by atoms with E-state index in [1.807, 2.05) is 0 Å². The van der Waals surface area contributed by atoms with Gasteiger partial charge in [0.25, 0.3) is 0 Å². The predicted octanol–water partition coefficient (Wildman–Crippen LogP) is 2.66. The molecule has 0 unspecified atom stereocenters. The normalized spacial score (nSPS) is 22.8. The summed E-state index contributed by atoms with van der Waals surface area (Å²) in [5, 5.41) is 0. The van der Waals surface area contributed by atoms with Gasteiger partial charge in [-0.1, -0.05) is 26.2 Å². The van der Waals surface area contributed by atoms with Crippen molar-refractivity contribution >= 4 is 5.97 Å². The topological polar surface area (TPSA) is 26.3 Å². The van der Waals surface area contributed by atoms with Crippen molar-refractivity contribution in [2.24, 2.45) is 0 Å². The molecule has 0 radical (unpaired) electrons. The van der Waals surface area contributed by atoms with E-state index in [0.29, 0.717) is 6.42 Å². The van der Waals surface area contributed by atoms with E-state index in [1.165, 1.54) is 25.7 Å². The zero-order chi connectivity index (χ0) is 8.81. The van der Waals surface area contributed by atoms with Gasteiger partial charge in [0, 0.05) is 6.42 Å². The summed E-state index contributed by atoms with van der Waals surface area (Å²) in [4.78, 5) is 10.7. The van der Waals surface area contributed by atoms with Gasteiger partial charge in [0.1, 0.15) is 6.10 Å². The highest BCUT2D eigenvalue weighted by Crippen LogP contribution is 2.19. The van der Waals surface area contributed by atoms with Crippen molar-refractivity contribution in [1.29, 1.82) is 0 Å². The van der Waals surface area contributed by atoms with Crippen molar-refractivity contribution in [2.75, 3.05) is 0 Å². The van der Waals surface area contributed by atoms with Crippen molar-refractivity contribution < 1.29 is 9.53 Å². The molecule has 1 heterocycles. The Morgan fingerprint density at radius 2 is 2.25 bits per heavy atom. The summed E-state index contributed by atoms with van der Waals surface area (Å²) in [6.07, 6.45) is 7.98. The van der Waals surface area contributed by atoms with Crippen molar-refractivity contribution in [2.45, 2.75) is 58.0 Å². The van der Waals surface area contributed by atoms with Gasteiger partial charge >= 0.3 is 5.97 Å². The van der Waals surface area contributed by atoms with Gasteiger partial charge in [-0.3, -0.25) is 4.79 Å². The minimum Gasteiger partial charge on any atom is -0.462 e. The molecular formula is C10H18O2. The second-order valence-electron chi connectivity index (χ2n) is 3.50. The Morgan fingerprint density at radius 3 is 2.83 bits per heavy atom. The molecule has 1 fully saturated rings. The molecule has 0 saturated carbocycles. The molecule has 2 heteroatoms. The maximum Gasteiger partial charge on any atom is 0.306 e. The Bertz CT molecular complexity index is 143. The van der Waals surface area contributed by atoms with E-state index in [2.05, 4.69) is 6.92 Å². The monoisotopic (exact) mass is 170 g/mol. The molecule has 1 atom stereocenters. The molecule has 70 valence electrons. The summed E-state index contributed by atoms with van der Waals surface area (Å²) >= 11 is 0. The summed E-state index contributed by atoms with van der Waals surface area (Å²) < 4.78 is 5.10. The minimum absolute atomic E-state index is 0.00417. The third-order valence-electron chi connectivity index (χ3n) is 2.35. The van der Waals surface area contributed by atoms with E-state index in [9.17, 15) is 4.79 Å². The fraction of sp³-hybridized carbons (Fsp3) is 0.900. The molecule has 12 heavy (non-hydrogen) atoms. The highest BCUT2D eigenvalue weighted by Gasteiger charge is 2.22. The summed E-state index contributed by atoms with van der Waals surface area (Å²) in [7, 11) is 0. The second-order valence-corrected chi connectivity index (χ2v) is 3.50. The van der Waals surface area contributed by atoms with Crippen LogP contribution in [-0.4, -0.2) is 12.1 Å². The van der Waals surface area contributed by atoms with Crippen LogP contribution < -0.4 is 0 Å². The summed E-state index contributed by atoms with van der Waals surface area (Å²) in [5.74, 6) is -0.00417. The average Bonchev–Trinajstić information content (AvgIpc) is 2.45. The molecule has 1 rings (SSSR count). The molecule has 0 aromatic carbocycles. The van der Waals surface area contributed by atoms with Crippen LogP contribution in [0.1, 0.15) is 51.9 Å². The van der Waals surface area contributed by atoms with Crippen molar-refractivity contribution in [3.8, 4) is 0 Å². The van der Waals surface area contributed by atoms with Crippen LogP contribution in [0.15, 0.2) is 0 Å². The Hall–Kier alpha value is -0.530. The summed E-state index contributed by atoms with van der Waals surface area (Å²) in [5.41, 5.74) is 0. The highest BCUT2D eigenvalue weighted by atomic mass is 16.5. The van der Waals surface area contributed by atoms with Crippen LogP contribution in [0.4, 0.5) is 0 Å². The lowest BCUT2D eigenvalue weighted by Crippen LogP contribution is -2.05. The molecule has 0 aromatic rings. The number of hydrogen-bond donors (Lipinski definition) is 0. The highest BCUT2D eigenvalue weighted by molar-refractivity contribution is 5.71. The van der Waals surface area contributed by atoms with Crippen LogP contribution >= 0.6 is 0 Å². The molecule has 0 N–H and O–H groups in total. The molecule has 0 aromatic heterocycles. The molecule has 0 amide bonds. The lowest BCUT2D eigenvalue weighted by Gasteiger charge is -2.07. The summed E-state index contributed by atoms with van der Waals surface area (Å²) in [6.45, 7) is 2.20. The summed E-state index contributed by atoms with van der Waals surface area (Å²) in [6, 6.07) is 0. The standard InChI is InChI=1S/C10H18O2/c1-2-3-4-5-6-9-7-8-10(11)12-9/h9H,2-8H2,1H3/t9-/m0/s1. The quantitative estimate of drug-likeness (QED) is 0.468. The van der Waals surface area contributed by atoms with Crippen LogP contribution in [0, 0.1) is 0 Å². The zero-order valence-electron chi connectivity index (χ0n) is 7.84. The average molecular weight is 170 g/mol. The molecule has 2 nitrogen and oxygen atoms in total. The number of cyclic esters (lactones) is 1. The fourth-order valence-corrected chi connectivity index (χ4v) is 1.58. The van der Waals surface area contributed by atoms with Crippen LogP contribution in [-0.2, 0) is 9.53 Å². The van der Waals surface area contributed by atoms with Gasteiger partial charge in [0.05, 0.1) is 0 Å². The van der Waals surface area contributed by atoms with E-state index in [-0.39, 0.29) is 12.1 Å². The van der Waals surface area contributed by atoms with E-state index in [0.717, 1.165) is 12.8 Å². The number of ether oxygens (including phenoxy) is 1. The fourth-order valence-electron chi connectivity index (χ4n) is 1.58. The van der Waals surface area contributed by atoms with Gasteiger partial charge in [-0.05, 0) is 19.3 Å². The molecule has 0 aliphatic carbocycles. The van der Waals surface area contributed by atoms with Gasteiger partial charge < -0.3 is 4.74 Å². The smallest absolute Gasteiger partial charge is 0.306 e. The van der Waals surface area contributed by atoms with Crippen LogP contribution in [0.2, 0.25) is 0 Å². The minimum atomic E-state index is -0.00417. The zero-order valence-corrected chi connectivity index (χ0v) is 7.84.